The first-order valence-corrected chi connectivity index (χ1v) is 5.24. The van der Waals surface area contributed by atoms with Crippen molar-refractivity contribution in [1.82, 2.24) is 10.2 Å². The molecular formula is C10H21N3O2. The Kier molecular flexibility index (Phi) is 6.70. The van der Waals surface area contributed by atoms with Crippen molar-refractivity contribution in [1.29, 1.82) is 0 Å². The highest BCUT2D eigenvalue weighted by atomic mass is 16.2. The average Bonchev–Trinajstić information content (AvgIpc) is 2.24. The van der Waals surface area contributed by atoms with Gasteiger partial charge in [0.2, 0.25) is 11.8 Å². The molecule has 88 valence electrons. The van der Waals surface area contributed by atoms with Gasteiger partial charge in [-0.25, -0.2) is 0 Å². The van der Waals surface area contributed by atoms with E-state index in [1.54, 1.807) is 7.05 Å². The van der Waals surface area contributed by atoms with Gasteiger partial charge in [-0.2, -0.15) is 0 Å². The molecule has 1 atom stereocenters. The van der Waals surface area contributed by atoms with Crippen molar-refractivity contribution in [3.05, 3.63) is 0 Å². The maximum atomic E-state index is 11.6. The van der Waals surface area contributed by atoms with E-state index < -0.39 is 6.04 Å². The first-order chi connectivity index (χ1) is 7.02. The quantitative estimate of drug-likeness (QED) is 0.639. The van der Waals surface area contributed by atoms with Crippen molar-refractivity contribution >= 4 is 11.8 Å². The monoisotopic (exact) mass is 215 g/mol. The van der Waals surface area contributed by atoms with Gasteiger partial charge in [-0.15, -0.1) is 0 Å². The van der Waals surface area contributed by atoms with Gasteiger partial charge in [-0.1, -0.05) is 19.8 Å². The summed E-state index contributed by atoms with van der Waals surface area (Å²) in [6.45, 7) is 2.11. The van der Waals surface area contributed by atoms with Gasteiger partial charge in [0.25, 0.3) is 0 Å². The van der Waals surface area contributed by atoms with Crippen LogP contribution in [0.5, 0.6) is 0 Å². The maximum Gasteiger partial charge on any atom is 0.239 e. The Morgan fingerprint density at radius 2 is 2.07 bits per heavy atom. The number of likely N-dealkylation sites (N-methyl/N-ethyl adjacent to an activating group) is 2. The smallest absolute Gasteiger partial charge is 0.239 e. The van der Waals surface area contributed by atoms with Crippen LogP contribution < -0.4 is 11.1 Å². The second kappa shape index (κ2) is 7.23. The van der Waals surface area contributed by atoms with Gasteiger partial charge < -0.3 is 16.0 Å². The Bertz CT molecular complexity index is 219. The van der Waals surface area contributed by atoms with E-state index in [9.17, 15) is 9.59 Å². The van der Waals surface area contributed by atoms with E-state index in [0.29, 0.717) is 6.42 Å². The summed E-state index contributed by atoms with van der Waals surface area (Å²) in [5.41, 5.74) is 5.70. The van der Waals surface area contributed by atoms with Gasteiger partial charge >= 0.3 is 0 Å². The lowest BCUT2D eigenvalue weighted by atomic mass is 10.1. The van der Waals surface area contributed by atoms with Crippen LogP contribution in [0.25, 0.3) is 0 Å². The molecule has 0 aromatic heterocycles. The Hall–Kier alpha value is -1.10. The third-order valence-electron chi connectivity index (χ3n) is 2.22. The average molecular weight is 215 g/mol. The Morgan fingerprint density at radius 1 is 1.47 bits per heavy atom. The number of unbranched alkanes of at least 4 members (excludes halogenated alkanes) is 1. The van der Waals surface area contributed by atoms with Crippen LogP contribution in [0.2, 0.25) is 0 Å². The molecule has 0 heterocycles. The second-order valence-corrected chi connectivity index (χ2v) is 3.62. The van der Waals surface area contributed by atoms with Gasteiger partial charge in [0.1, 0.15) is 0 Å². The van der Waals surface area contributed by atoms with E-state index in [1.165, 1.54) is 11.9 Å². The number of rotatable bonds is 6. The van der Waals surface area contributed by atoms with E-state index >= 15 is 0 Å². The summed E-state index contributed by atoms with van der Waals surface area (Å²) in [5.74, 6) is -0.361. The van der Waals surface area contributed by atoms with Gasteiger partial charge in [0.05, 0.1) is 12.6 Å². The number of nitrogens with two attached hydrogens (primary N) is 1. The number of nitrogens with one attached hydrogen (secondary N) is 1. The van der Waals surface area contributed by atoms with E-state index in [-0.39, 0.29) is 18.4 Å². The number of hydrogen-bond acceptors (Lipinski definition) is 3. The summed E-state index contributed by atoms with van der Waals surface area (Å²) < 4.78 is 0. The van der Waals surface area contributed by atoms with Gasteiger partial charge in [0.15, 0.2) is 0 Å². The first kappa shape index (κ1) is 13.9. The molecule has 0 aromatic carbocycles. The van der Waals surface area contributed by atoms with Crippen LogP contribution in [0.4, 0.5) is 0 Å². The molecule has 0 radical (unpaired) electrons. The van der Waals surface area contributed by atoms with Crippen molar-refractivity contribution in [2.24, 2.45) is 5.73 Å². The summed E-state index contributed by atoms with van der Waals surface area (Å²) >= 11 is 0. The van der Waals surface area contributed by atoms with Crippen LogP contribution in [0.1, 0.15) is 26.2 Å². The van der Waals surface area contributed by atoms with Crippen molar-refractivity contribution in [2.45, 2.75) is 32.2 Å². The van der Waals surface area contributed by atoms with Crippen LogP contribution in [0, 0.1) is 0 Å². The van der Waals surface area contributed by atoms with Crippen LogP contribution in [0.15, 0.2) is 0 Å². The topological polar surface area (TPSA) is 75.4 Å². The summed E-state index contributed by atoms with van der Waals surface area (Å²) in [5, 5.41) is 2.46. The lowest BCUT2D eigenvalue weighted by Crippen LogP contribution is -2.45. The molecule has 0 saturated carbocycles. The molecule has 2 amide bonds. The Morgan fingerprint density at radius 3 is 2.53 bits per heavy atom. The fourth-order valence-corrected chi connectivity index (χ4v) is 1.20. The highest BCUT2D eigenvalue weighted by Gasteiger charge is 2.18. The minimum atomic E-state index is -0.486. The zero-order valence-electron chi connectivity index (χ0n) is 9.75. The van der Waals surface area contributed by atoms with Crippen LogP contribution in [-0.2, 0) is 9.59 Å². The number of amides is 2. The van der Waals surface area contributed by atoms with Gasteiger partial charge in [-0.05, 0) is 6.42 Å². The SMILES string of the molecule is CCCC[C@H](N)C(=O)N(C)CC(=O)NC. The van der Waals surface area contributed by atoms with Crippen molar-refractivity contribution in [2.75, 3.05) is 20.6 Å². The number of hydrogen-bond donors (Lipinski definition) is 2. The predicted molar refractivity (Wildman–Crippen MR) is 59.2 cm³/mol. The summed E-state index contributed by atoms with van der Waals surface area (Å²) in [6.07, 6.45) is 2.62. The Labute approximate surface area is 91.0 Å². The molecule has 0 aromatic rings. The Balaban J connectivity index is 4.01. The molecule has 0 aliphatic carbocycles. The third kappa shape index (κ3) is 5.37. The molecule has 0 saturated heterocycles. The number of carbonyl (C=O) groups is 2. The molecule has 0 unspecified atom stereocenters. The molecule has 0 bridgehead atoms. The van der Waals surface area contributed by atoms with Crippen LogP contribution in [0.3, 0.4) is 0 Å². The minimum Gasteiger partial charge on any atom is -0.358 e. The molecule has 0 aliphatic rings. The third-order valence-corrected chi connectivity index (χ3v) is 2.22. The number of carbonyl (C=O) groups excluding carboxylic acids is 2. The lowest BCUT2D eigenvalue weighted by molar-refractivity contribution is -0.135. The van der Waals surface area contributed by atoms with E-state index in [0.717, 1.165) is 12.8 Å². The zero-order valence-corrected chi connectivity index (χ0v) is 9.75. The van der Waals surface area contributed by atoms with Crippen molar-refractivity contribution in [3.63, 3.8) is 0 Å². The zero-order chi connectivity index (χ0) is 11.8. The van der Waals surface area contributed by atoms with Crippen LogP contribution in [-0.4, -0.2) is 43.4 Å². The van der Waals surface area contributed by atoms with E-state index in [1.807, 2.05) is 6.92 Å². The van der Waals surface area contributed by atoms with E-state index in [2.05, 4.69) is 5.32 Å². The normalized spacial score (nSPS) is 12.0. The summed E-state index contributed by atoms with van der Waals surface area (Å²) in [7, 11) is 3.13. The van der Waals surface area contributed by atoms with Crippen molar-refractivity contribution < 1.29 is 9.59 Å². The van der Waals surface area contributed by atoms with E-state index in [4.69, 9.17) is 5.73 Å². The molecule has 3 N–H and O–H groups in total. The van der Waals surface area contributed by atoms with Crippen LogP contribution >= 0.6 is 0 Å². The molecule has 5 nitrogen and oxygen atoms in total. The molecule has 15 heavy (non-hydrogen) atoms. The maximum absolute atomic E-state index is 11.6. The highest BCUT2D eigenvalue weighted by molar-refractivity contribution is 5.87. The second-order valence-electron chi connectivity index (χ2n) is 3.62. The lowest BCUT2D eigenvalue weighted by Gasteiger charge is -2.20. The number of nitrogens with zero attached hydrogens (tertiary/aromatic N) is 1. The van der Waals surface area contributed by atoms with Gasteiger partial charge in [0, 0.05) is 14.1 Å². The first-order valence-electron chi connectivity index (χ1n) is 5.24. The summed E-state index contributed by atoms with van der Waals surface area (Å²) in [4.78, 5) is 24.0. The highest BCUT2D eigenvalue weighted by Crippen LogP contribution is 2.01. The molecule has 5 heteroatoms. The molecule has 0 rings (SSSR count). The fourth-order valence-electron chi connectivity index (χ4n) is 1.20. The molecule has 0 aliphatic heterocycles. The molecule has 0 fully saturated rings. The van der Waals surface area contributed by atoms with Crippen molar-refractivity contribution in [3.8, 4) is 0 Å². The fraction of sp³-hybridized carbons (Fsp3) is 0.800. The standard InChI is InChI=1S/C10H21N3O2/c1-4-5-6-8(11)10(15)13(3)7-9(14)12-2/h8H,4-7,11H2,1-3H3,(H,12,14)/t8-/m0/s1. The largest absolute Gasteiger partial charge is 0.358 e. The summed E-state index contributed by atoms with van der Waals surface area (Å²) in [6, 6.07) is -0.486. The van der Waals surface area contributed by atoms with Gasteiger partial charge in [-0.3, -0.25) is 9.59 Å². The molecule has 0 spiro atoms. The minimum absolute atomic E-state index is 0.0646. The predicted octanol–water partition coefficient (Wildman–Crippen LogP) is -0.292. The molecular weight excluding hydrogens is 194 g/mol.